The lowest BCUT2D eigenvalue weighted by molar-refractivity contribution is -0.149. The molecule has 3 N–H and O–H groups in total. The Bertz CT molecular complexity index is 1700. The number of carbonyl (C=O) groups excluding carboxylic acids is 3. The average molecular weight is 641 g/mol. The smallest absolute Gasteiger partial charge is 0.338 e. The highest BCUT2D eigenvalue weighted by molar-refractivity contribution is 7.92. The lowest BCUT2D eigenvalue weighted by Crippen LogP contribution is -2.47. The number of carboxylic acid groups (broad SMARTS) is 1. The van der Waals surface area contributed by atoms with Crippen LogP contribution in [0.25, 0.3) is 0 Å². The Morgan fingerprint density at radius 1 is 1.02 bits per heavy atom. The Kier molecular flexibility index (Phi) is 10.1. The van der Waals surface area contributed by atoms with E-state index in [1.165, 1.54) is 54.6 Å². The van der Waals surface area contributed by atoms with Gasteiger partial charge in [-0.2, -0.15) is 0 Å². The molecule has 0 aliphatic carbocycles. The molecular weight excluding hydrogens is 607 g/mol. The summed E-state index contributed by atoms with van der Waals surface area (Å²) in [7, 11) is -0.731. The second kappa shape index (κ2) is 13.8. The van der Waals surface area contributed by atoms with Crippen LogP contribution in [0, 0.1) is 5.82 Å². The van der Waals surface area contributed by atoms with E-state index < -0.39 is 69.8 Å². The van der Waals surface area contributed by atoms with E-state index >= 15 is 4.39 Å². The summed E-state index contributed by atoms with van der Waals surface area (Å²) < 4.78 is 48.1. The van der Waals surface area contributed by atoms with Crippen LogP contribution in [0.15, 0.2) is 77.7 Å². The summed E-state index contributed by atoms with van der Waals surface area (Å²) in [6.07, 6.45) is -0.509. The molecule has 3 unspecified atom stereocenters. The van der Waals surface area contributed by atoms with Gasteiger partial charge in [-0.25, -0.2) is 27.2 Å². The number of carbonyl (C=O) groups is 4. The zero-order valence-corrected chi connectivity index (χ0v) is 25.6. The molecule has 3 atom stereocenters. The van der Waals surface area contributed by atoms with Gasteiger partial charge in [-0.1, -0.05) is 24.3 Å². The van der Waals surface area contributed by atoms with E-state index in [1.807, 2.05) is 0 Å². The number of amides is 3. The van der Waals surface area contributed by atoms with Crippen LogP contribution >= 0.6 is 0 Å². The van der Waals surface area contributed by atoms with E-state index in [1.54, 1.807) is 38.1 Å². The minimum absolute atomic E-state index is 0.111. The third-order valence-corrected chi connectivity index (χ3v) is 9.53. The van der Waals surface area contributed by atoms with E-state index in [2.05, 4.69) is 10.6 Å². The molecule has 238 valence electrons. The van der Waals surface area contributed by atoms with Gasteiger partial charge in [0.05, 0.1) is 34.9 Å². The number of hydrogen-bond acceptors (Lipinski definition) is 8. The molecule has 45 heavy (non-hydrogen) atoms. The first kappa shape index (κ1) is 32.9. The van der Waals surface area contributed by atoms with Crippen LogP contribution in [-0.4, -0.2) is 80.8 Å². The summed E-state index contributed by atoms with van der Waals surface area (Å²) in [5, 5.41) is 13.4. The Morgan fingerprint density at radius 3 is 2.33 bits per heavy atom. The Hall–Kier alpha value is -4.98. The van der Waals surface area contributed by atoms with Gasteiger partial charge in [0, 0.05) is 31.0 Å². The summed E-state index contributed by atoms with van der Waals surface area (Å²) >= 11 is 0. The van der Waals surface area contributed by atoms with Crippen LogP contribution in [-0.2, 0) is 24.2 Å². The van der Waals surface area contributed by atoms with Crippen molar-refractivity contribution in [2.75, 3.05) is 37.5 Å². The van der Waals surface area contributed by atoms with Crippen molar-refractivity contribution in [2.45, 2.75) is 35.6 Å². The number of nitrogens with one attached hydrogen (secondary N) is 2. The fourth-order valence-electron chi connectivity index (χ4n) is 5.22. The number of nitrogens with zero attached hydrogens (tertiary/aromatic N) is 2. The number of benzene rings is 3. The highest BCUT2D eigenvalue weighted by Crippen LogP contribution is 2.43. The SMILES string of the molecule is CCOC(=O)c1cccc(NC(=O)NCC(=O)N2C(C(=O)O)CC(S(=O)(=O)c3ccc(N(C)C)cc3)C2c2ccccc2F)c1. The third kappa shape index (κ3) is 7.23. The lowest BCUT2D eigenvalue weighted by atomic mass is 10.0. The van der Waals surface area contributed by atoms with Gasteiger partial charge < -0.3 is 30.3 Å². The summed E-state index contributed by atoms with van der Waals surface area (Å²) in [5.74, 6) is -3.83. The molecule has 1 fully saturated rings. The number of likely N-dealkylation sites (tertiary alicyclic amines) is 1. The number of sulfone groups is 1. The minimum atomic E-state index is -4.30. The molecule has 3 amide bonds. The average Bonchev–Trinajstić information content (AvgIpc) is 3.42. The molecular formula is C31H33FN4O8S. The summed E-state index contributed by atoms with van der Waals surface area (Å²) in [6.45, 7) is 1.07. The first-order valence-corrected chi connectivity index (χ1v) is 15.5. The molecule has 1 aliphatic heterocycles. The molecule has 0 aromatic heterocycles. The van der Waals surface area contributed by atoms with Crippen LogP contribution in [0.3, 0.4) is 0 Å². The van der Waals surface area contributed by atoms with Gasteiger partial charge in [-0.05, 0) is 61.9 Å². The molecule has 0 spiro atoms. The largest absolute Gasteiger partial charge is 0.480 e. The number of rotatable bonds is 10. The van der Waals surface area contributed by atoms with Gasteiger partial charge in [0.1, 0.15) is 11.9 Å². The first-order valence-electron chi connectivity index (χ1n) is 14.0. The molecule has 0 bridgehead atoms. The number of ether oxygens (including phenoxy) is 1. The van der Waals surface area contributed by atoms with Gasteiger partial charge in [0.25, 0.3) is 0 Å². The molecule has 12 nitrogen and oxygen atoms in total. The zero-order chi connectivity index (χ0) is 32.9. The topological polar surface area (TPSA) is 162 Å². The van der Waals surface area contributed by atoms with Crippen molar-refractivity contribution in [3.63, 3.8) is 0 Å². The van der Waals surface area contributed by atoms with Crippen LogP contribution in [0.4, 0.5) is 20.6 Å². The van der Waals surface area contributed by atoms with E-state index in [0.29, 0.717) is 0 Å². The second-order valence-electron chi connectivity index (χ2n) is 10.4. The monoisotopic (exact) mass is 640 g/mol. The van der Waals surface area contributed by atoms with Crippen LogP contribution < -0.4 is 15.5 Å². The number of hydrogen-bond donors (Lipinski definition) is 3. The molecule has 4 rings (SSSR count). The van der Waals surface area contributed by atoms with Crippen molar-refractivity contribution in [1.82, 2.24) is 10.2 Å². The van der Waals surface area contributed by atoms with Crippen molar-refractivity contribution in [3.05, 3.63) is 89.7 Å². The molecule has 14 heteroatoms. The molecule has 3 aromatic rings. The predicted molar refractivity (Wildman–Crippen MR) is 163 cm³/mol. The molecule has 1 saturated heterocycles. The highest BCUT2D eigenvalue weighted by atomic mass is 32.2. The Balaban J connectivity index is 1.62. The number of anilines is 2. The third-order valence-electron chi connectivity index (χ3n) is 7.35. The van der Waals surface area contributed by atoms with E-state index in [0.717, 1.165) is 16.7 Å². The van der Waals surface area contributed by atoms with Crippen molar-refractivity contribution in [1.29, 1.82) is 0 Å². The normalized spacial score (nSPS) is 17.8. The predicted octanol–water partition coefficient (Wildman–Crippen LogP) is 3.46. The number of aliphatic carboxylic acids is 1. The highest BCUT2D eigenvalue weighted by Gasteiger charge is 2.53. The molecule has 3 aromatic carbocycles. The maximum Gasteiger partial charge on any atom is 0.338 e. The molecule has 1 aliphatic rings. The van der Waals surface area contributed by atoms with Gasteiger partial charge in [-0.3, -0.25) is 4.79 Å². The van der Waals surface area contributed by atoms with E-state index in [9.17, 15) is 32.7 Å². The number of esters is 1. The number of carboxylic acids is 1. The summed E-state index contributed by atoms with van der Waals surface area (Å²) in [5.41, 5.74) is 0.950. The van der Waals surface area contributed by atoms with Gasteiger partial charge in [-0.15, -0.1) is 0 Å². The quantitative estimate of drug-likeness (QED) is 0.282. The van der Waals surface area contributed by atoms with Crippen LogP contribution in [0.2, 0.25) is 0 Å². The van der Waals surface area contributed by atoms with Crippen molar-refractivity contribution < 1.29 is 41.8 Å². The fraction of sp³-hybridized carbons (Fsp3) is 0.290. The Labute approximate surface area is 259 Å². The van der Waals surface area contributed by atoms with Crippen molar-refractivity contribution in [2.24, 2.45) is 0 Å². The number of halogens is 1. The summed E-state index contributed by atoms with van der Waals surface area (Å²) in [4.78, 5) is 53.1. The van der Waals surface area contributed by atoms with Crippen molar-refractivity contribution >= 4 is 45.1 Å². The molecule has 1 heterocycles. The van der Waals surface area contributed by atoms with E-state index in [-0.39, 0.29) is 28.3 Å². The minimum Gasteiger partial charge on any atom is -0.480 e. The summed E-state index contributed by atoms with van der Waals surface area (Å²) in [6, 6.07) is 13.1. The van der Waals surface area contributed by atoms with E-state index in [4.69, 9.17) is 4.74 Å². The Morgan fingerprint density at radius 2 is 1.71 bits per heavy atom. The standard InChI is InChI=1S/C31H33FN4O8S/c1-4-44-30(40)19-8-7-9-20(16-19)34-31(41)33-18-27(37)36-25(29(38)39)17-26(28(36)23-10-5-6-11-24(23)32)45(42,43)22-14-12-21(13-15-22)35(2)3/h5-16,25-26,28H,4,17-18H2,1-3H3,(H,38,39)(H2,33,34,41). The van der Waals surface area contributed by atoms with Gasteiger partial charge in [0.15, 0.2) is 9.84 Å². The first-order chi connectivity index (χ1) is 21.3. The lowest BCUT2D eigenvalue weighted by Gasteiger charge is -2.31. The maximum atomic E-state index is 15.2. The zero-order valence-electron chi connectivity index (χ0n) is 24.8. The van der Waals surface area contributed by atoms with Crippen LogP contribution in [0.5, 0.6) is 0 Å². The van der Waals surface area contributed by atoms with Crippen molar-refractivity contribution in [3.8, 4) is 0 Å². The van der Waals surface area contributed by atoms with Gasteiger partial charge >= 0.3 is 18.0 Å². The fourth-order valence-corrected chi connectivity index (χ4v) is 7.13. The van der Waals surface area contributed by atoms with Gasteiger partial charge in [0.2, 0.25) is 5.91 Å². The number of urea groups is 1. The van der Waals surface area contributed by atoms with Crippen LogP contribution in [0.1, 0.15) is 35.3 Å². The molecule has 0 radical (unpaired) electrons. The maximum absolute atomic E-state index is 15.2. The molecule has 0 saturated carbocycles. The second-order valence-corrected chi connectivity index (χ2v) is 12.6.